The van der Waals surface area contributed by atoms with Crippen molar-refractivity contribution in [1.29, 1.82) is 0 Å². The largest absolute Gasteiger partial charge is 0.461 e. The van der Waals surface area contributed by atoms with E-state index in [0.29, 0.717) is 13.2 Å². The average Bonchev–Trinajstić information content (AvgIpc) is 2.17. The van der Waals surface area contributed by atoms with Crippen LogP contribution in [-0.4, -0.2) is 12.5 Å². The summed E-state index contributed by atoms with van der Waals surface area (Å²) < 4.78 is 4.95. The van der Waals surface area contributed by atoms with E-state index in [9.17, 15) is 4.79 Å². The third-order valence-corrected chi connectivity index (χ3v) is 1.59. The summed E-state index contributed by atoms with van der Waals surface area (Å²) >= 11 is 0. The highest BCUT2D eigenvalue weighted by atomic mass is 16.5. The zero-order valence-electron chi connectivity index (χ0n) is 7.40. The molecular weight excluding hydrogens is 166 g/mol. The highest BCUT2D eigenvalue weighted by Gasteiger charge is 2.00. The van der Waals surface area contributed by atoms with E-state index in [0.717, 1.165) is 5.56 Å². The first-order chi connectivity index (χ1) is 6.33. The molecule has 1 aromatic rings. The Morgan fingerprint density at radius 3 is 2.62 bits per heavy atom. The van der Waals surface area contributed by atoms with Crippen LogP contribution >= 0.6 is 0 Å². The normalized spacial score (nSPS) is 9.62. The number of nitrogens with two attached hydrogens (primary N) is 1. The van der Waals surface area contributed by atoms with Gasteiger partial charge < -0.3 is 10.5 Å². The van der Waals surface area contributed by atoms with Crippen LogP contribution in [0.4, 0.5) is 0 Å². The quantitative estimate of drug-likeness (QED) is 0.703. The maximum absolute atomic E-state index is 10.9. The highest BCUT2D eigenvalue weighted by Crippen LogP contribution is 2.00. The molecule has 3 heteroatoms. The number of hydrogen-bond donors (Lipinski definition) is 1. The summed E-state index contributed by atoms with van der Waals surface area (Å²) in [6.45, 7) is 0.674. The van der Waals surface area contributed by atoms with Crippen molar-refractivity contribution in [2.24, 2.45) is 5.73 Å². The standard InChI is InChI=1S/C10H13NO2/c11-7-6-10(12)13-8-9-4-2-1-3-5-9/h1-5H,6-8,11H2. The first-order valence-electron chi connectivity index (χ1n) is 4.22. The molecule has 0 aliphatic rings. The van der Waals surface area contributed by atoms with E-state index in [1.165, 1.54) is 0 Å². The molecule has 1 rings (SSSR count). The van der Waals surface area contributed by atoms with Crippen LogP contribution in [0.15, 0.2) is 30.3 Å². The van der Waals surface area contributed by atoms with E-state index in [1.54, 1.807) is 0 Å². The highest BCUT2D eigenvalue weighted by molar-refractivity contribution is 5.69. The number of carbonyl (C=O) groups is 1. The minimum atomic E-state index is -0.244. The molecule has 0 radical (unpaired) electrons. The van der Waals surface area contributed by atoms with Crippen molar-refractivity contribution in [3.8, 4) is 0 Å². The molecule has 0 unspecified atom stereocenters. The average molecular weight is 179 g/mol. The first-order valence-corrected chi connectivity index (χ1v) is 4.22. The van der Waals surface area contributed by atoms with Gasteiger partial charge in [-0.2, -0.15) is 0 Å². The van der Waals surface area contributed by atoms with E-state index in [-0.39, 0.29) is 12.4 Å². The molecule has 0 atom stereocenters. The number of esters is 1. The Morgan fingerprint density at radius 1 is 1.31 bits per heavy atom. The third kappa shape index (κ3) is 3.71. The monoisotopic (exact) mass is 179 g/mol. The summed E-state index contributed by atoms with van der Waals surface area (Å²) in [5.74, 6) is -0.244. The molecule has 0 amide bonds. The molecule has 0 fully saturated rings. The number of ether oxygens (including phenoxy) is 1. The Kier molecular flexibility index (Phi) is 3.99. The fraction of sp³-hybridized carbons (Fsp3) is 0.300. The first kappa shape index (κ1) is 9.74. The van der Waals surface area contributed by atoms with Crippen LogP contribution in [-0.2, 0) is 16.1 Å². The van der Waals surface area contributed by atoms with Crippen LogP contribution < -0.4 is 5.73 Å². The summed E-state index contributed by atoms with van der Waals surface area (Å²) in [6.07, 6.45) is 0.285. The molecule has 0 heterocycles. The van der Waals surface area contributed by atoms with Crippen molar-refractivity contribution in [1.82, 2.24) is 0 Å². The lowest BCUT2D eigenvalue weighted by atomic mass is 10.2. The van der Waals surface area contributed by atoms with Crippen LogP contribution in [0.1, 0.15) is 12.0 Å². The summed E-state index contributed by atoms with van der Waals surface area (Å²) in [5, 5.41) is 0. The number of benzene rings is 1. The van der Waals surface area contributed by atoms with Crippen molar-refractivity contribution in [2.45, 2.75) is 13.0 Å². The van der Waals surface area contributed by atoms with Crippen molar-refractivity contribution in [3.05, 3.63) is 35.9 Å². The molecule has 0 bridgehead atoms. The van der Waals surface area contributed by atoms with E-state index in [4.69, 9.17) is 10.5 Å². The van der Waals surface area contributed by atoms with E-state index >= 15 is 0 Å². The van der Waals surface area contributed by atoms with Gasteiger partial charge in [0.1, 0.15) is 6.61 Å². The Labute approximate surface area is 77.5 Å². The lowest BCUT2D eigenvalue weighted by Crippen LogP contribution is -2.10. The minimum absolute atomic E-state index is 0.244. The van der Waals surface area contributed by atoms with Crippen LogP contribution in [0.2, 0.25) is 0 Å². The second-order valence-electron chi connectivity index (χ2n) is 2.68. The maximum Gasteiger partial charge on any atom is 0.307 e. The van der Waals surface area contributed by atoms with Crippen LogP contribution in [0.5, 0.6) is 0 Å². The van der Waals surface area contributed by atoms with Crippen LogP contribution in [0, 0.1) is 0 Å². The fourth-order valence-electron chi connectivity index (χ4n) is 0.928. The summed E-state index contributed by atoms with van der Waals surface area (Å²) in [7, 11) is 0. The molecule has 13 heavy (non-hydrogen) atoms. The van der Waals surface area contributed by atoms with Gasteiger partial charge in [-0.15, -0.1) is 0 Å². The van der Waals surface area contributed by atoms with Gasteiger partial charge in [-0.25, -0.2) is 0 Å². The molecule has 0 saturated heterocycles. The van der Waals surface area contributed by atoms with E-state index in [2.05, 4.69) is 0 Å². The predicted molar refractivity (Wildman–Crippen MR) is 49.9 cm³/mol. The molecule has 0 saturated carbocycles. The summed E-state index contributed by atoms with van der Waals surface area (Å²) in [5.41, 5.74) is 6.19. The van der Waals surface area contributed by atoms with Crippen LogP contribution in [0.3, 0.4) is 0 Å². The van der Waals surface area contributed by atoms with Gasteiger partial charge in [0, 0.05) is 6.54 Å². The molecule has 0 aliphatic heterocycles. The molecule has 0 aliphatic carbocycles. The molecule has 70 valence electrons. The van der Waals surface area contributed by atoms with Crippen molar-refractivity contribution in [2.75, 3.05) is 6.54 Å². The zero-order valence-corrected chi connectivity index (χ0v) is 7.40. The number of rotatable bonds is 4. The molecular formula is C10H13NO2. The Morgan fingerprint density at radius 2 is 2.00 bits per heavy atom. The van der Waals surface area contributed by atoms with E-state index < -0.39 is 0 Å². The molecule has 3 nitrogen and oxygen atoms in total. The van der Waals surface area contributed by atoms with Gasteiger partial charge in [0.15, 0.2) is 0 Å². The molecule has 1 aromatic carbocycles. The van der Waals surface area contributed by atoms with Gasteiger partial charge in [-0.1, -0.05) is 30.3 Å². The Hall–Kier alpha value is -1.35. The van der Waals surface area contributed by atoms with Gasteiger partial charge in [-0.05, 0) is 5.56 Å². The topological polar surface area (TPSA) is 52.3 Å². The van der Waals surface area contributed by atoms with Crippen LogP contribution in [0.25, 0.3) is 0 Å². The fourth-order valence-corrected chi connectivity index (χ4v) is 0.928. The van der Waals surface area contributed by atoms with Crippen molar-refractivity contribution >= 4 is 5.97 Å². The molecule has 0 spiro atoms. The summed E-state index contributed by atoms with van der Waals surface area (Å²) in [4.78, 5) is 10.9. The maximum atomic E-state index is 10.9. The predicted octanol–water partition coefficient (Wildman–Crippen LogP) is 1.08. The van der Waals surface area contributed by atoms with Crippen molar-refractivity contribution < 1.29 is 9.53 Å². The Balaban J connectivity index is 2.31. The third-order valence-electron chi connectivity index (χ3n) is 1.59. The number of hydrogen-bond acceptors (Lipinski definition) is 3. The smallest absolute Gasteiger partial charge is 0.307 e. The van der Waals surface area contributed by atoms with Gasteiger partial charge in [0.2, 0.25) is 0 Å². The van der Waals surface area contributed by atoms with Gasteiger partial charge in [0.25, 0.3) is 0 Å². The van der Waals surface area contributed by atoms with E-state index in [1.807, 2.05) is 30.3 Å². The van der Waals surface area contributed by atoms with Gasteiger partial charge in [0.05, 0.1) is 6.42 Å². The number of carbonyl (C=O) groups excluding carboxylic acids is 1. The van der Waals surface area contributed by atoms with Gasteiger partial charge >= 0.3 is 5.97 Å². The second kappa shape index (κ2) is 5.32. The minimum Gasteiger partial charge on any atom is -0.461 e. The van der Waals surface area contributed by atoms with Gasteiger partial charge in [-0.3, -0.25) is 4.79 Å². The summed E-state index contributed by atoms with van der Waals surface area (Å²) in [6, 6.07) is 9.56. The SMILES string of the molecule is NCCC(=O)OCc1ccccc1. The molecule has 0 aromatic heterocycles. The molecule has 2 N–H and O–H groups in total. The lowest BCUT2D eigenvalue weighted by molar-refractivity contribution is -0.144. The van der Waals surface area contributed by atoms with Crippen molar-refractivity contribution in [3.63, 3.8) is 0 Å². The lowest BCUT2D eigenvalue weighted by Gasteiger charge is -2.02. The second-order valence-corrected chi connectivity index (χ2v) is 2.68. The zero-order chi connectivity index (χ0) is 9.52. The Bertz CT molecular complexity index is 259.